The average molecular weight is 246 g/mol. The zero-order valence-electron chi connectivity index (χ0n) is 10.8. The summed E-state index contributed by atoms with van der Waals surface area (Å²) < 4.78 is 5.57. The third kappa shape index (κ3) is 2.13. The van der Waals surface area contributed by atoms with Crippen LogP contribution in [0.1, 0.15) is 24.3 Å². The number of rotatable bonds is 3. The van der Waals surface area contributed by atoms with Crippen molar-refractivity contribution < 1.29 is 4.74 Å². The minimum absolute atomic E-state index is 0.678. The van der Waals surface area contributed by atoms with Crippen LogP contribution in [0.3, 0.4) is 0 Å². The number of fused-ring (bicyclic) bond motifs is 1. The number of hydrogen-bond donors (Lipinski definition) is 1. The molecule has 98 valence electrons. The van der Waals surface area contributed by atoms with Crippen LogP contribution in [0.5, 0.6) is 0 Å². The van der Waals surface area contributed by atoms with Gasteiger partial charge in [-0.15, -0.1) is 0 Å². The number of ether oxygens (including phenoxy) is 1. The molecule has 0 radical (unpaired) electrons. The third-order valence-corrected chi connectivity index (χ3v) is 4.32. The van der Waals surface area contributed by atoms with Crippen LogP contribution in [0, 0.1) is 5.92 Å². The number of benzene rings is 1. The molecule has 0 bridgehead atoms. The van der Waals surface area contributed by atoms with Gasteiger partial charge in [-0.3, -0.25) is 0 Å². The monoisotopic (exact) mass is 246 g/mol. The van der Waals surface area contributed by atoms with Crippen molar-refractivity contribution in [3.8, 4) is 0 Å². The van der Waals surface area contributed by atoms with Gasteiger partial charge in [0, 0.05) is 31.9 Å². The number of para-hydroxylation sites is 1. The lowest BCUT2D eigenvalue weighted by Crippen LogP contribution is -2.36. The van der Waals surface area contributed by atoms with E-state index in [1.807, 2.05) is 0 Å². The van der Waals surface area contributed by atoms with Gasteiger partial charge < -0.3 is 15.4 Å². The lowest BCUT2D eigenvalue weighted by molar-refractivity contribution is 0.179. The summed E-state index contributed by atoms with van der Waals surface area (Å²) >= 11 is 0. The highest BCUT2D eigenvalue weighted by atomic mass is 16.5. The Kier molecular flexibility index (Phi) is 3.52. The maximum atomic E-state index is 5.71. The second kappa shape index (κ2) is 5.29. The van der Waals surface area contributed by atoms with Crippen molar-refractivity contribution in [2.24, 2.45) is 11.7 Å². The molecule has 18 heavy (non-hydrogen) atoms. The fourth-order valence-corrected chi connectivity index (χ4v) is 3.41. The molecule has 2 atom stereocenters. The highest BCUT2D eigenvalue weighted by Gasteiger charge is 2.32. The molecule has 3 rings (SSSR count). The van der Waals surface area contributed by atoms with Crippen LogP contribution in [0.2, 0.25) is 0 Å². The van der Waals surface area contributed by atoms with Crippen LogP contribution in [0.4, 0.5) is 5.69 Å². The van der Waals surface area contributed by atoms with Crippen LogP contribution >= 0.6 is 0 Å². The van der Waals surface area contributed by atoms with Gasteiger partial charge in [-0.25, -0.2) is 0 Å². The van der Waals surface area contributed by atoms with Crippen molar-refractivity contribution in [3.63, 3.8) is 0 Å². The van der Waals surface area contributed by atoms with E-state index in [0.29, 0.717) is 11.8 Å². The van der Waals surface area contributed by atoms with Gasteiger partial charge in [0.2, 0.25) is 0 Å². The van der Waals surface area contributed by atoms with Gasteiger partial charge in [-0.1, -0.05) is 18.2 Å². The average Bonchev–Trinajstić information content (AvgIpc) is 2.93. The SMILES string of the molecule is NCCN1CC[C@H]([C@@H]2CCOC2)c2ccccc21. The van der Waals surface area contributed by atoms with Crippen molar-refractivity contribution in [2.75, 3.05) is 37.7 Å². The molecule has 2 N–H and O–H groups in total. The molecule has 2 heterocycles. The van der Waals surface area contributed by atoms with Gasteiger partial charge in [0.25, 0.3) is 0 Å². The smallest absolute Gasteiger partial charge is 0.0500 e. The first-order chi connectivity index (χ1) is 8.90. The molecule has 1 aromatic rings. The molecule has 0 spiro atoms. The molecule has 3 heteroatoms. The van der Waals surface area contributed by atoms with E-state index in [1.165, 1.54) is 24.1 Å². The van der Waals surface area contributed by atoms with Gasteiger partial charge in [0.1, 0.15) is 0 Å². The van der Waals surface area contributed by atoms with Gasteiger partial charge in [-0.2, -0.15) is 0 Å². The van der Waals surface area contributed by atoms with Crippen LogP contribution in [-0.2, 0) is 4.74 Å². The molecule has 2 aliphatic rings. The number of hydrogen-bond acceptors (Lipinski definition) is 3. The fraction of sp³-hybridized carbons (Fsp3) is 0.600. The van der Waals surface area contributed by atoms with Crippen molar-refractivity contribution in [2.45, 2.75) is 18.8 Å². The molecule has 0 unspecified atom stereocenters. The summed E-state index contributed by atoms with van der Waals surface area (Å²) in [6.45, 7) is 4.71. The largest absolute Gasteiger partial charge is 0.381 e. The Morgan fingerprint density at radius 2 is 2.17 bits per heavy atom. The molecule has 0 aromatic heterocycles. The first-order valence-corrected chi connectivity index (χ1v) is 7.02. The van der Waals surface area contributed by atoms with Crippen molar-refractivity contribution in [3.05, 3.63) is 29.8 Å². The molecule has 3 nitrogen and oxygen atoms in total. The van der Waals surface area contributed by atoms with E-state index >= 15 is 0 Å². The van der Waals surface area contributed by atoms with Crippen LogP contribution in [0.25, 0.3) is 0 Å². The Balaban J connectivity index is 1.88. The summed E-state index contributed by atoms with van der Waals surface area (Å²) in [7, 11) is 0. The predicted molar refractivity (Wildman–Crippen MR) is 74.0 cm³/mol. The van der Waals surface area contributed by atoms with Crippen LogP contribution in [-0.4, -0.2) is 32.8 Å². The first kappa shape index (κ1) is 12.0. The van der Waals surface area contributed by atoms with E-state index in [0.717, 1.165) is 32.8 Å². The molecule has 1 aromatic carbocycles. The van der Waals surface area contributed by atoms with Gasteiger partial charge >= 0.3 is 0 Å². The maximum absolute atomic E-state index is 5.71. The van der Waals surface area contributed by atoms with Gasteiger partial charge in [-0.05, 0) is 36.3 Å². The summed E-state index contributed by atoms with van der Waals surface area (Å²) in [5.74, 6) is 1.39. The summed E-state index contributed by atoms with van der Waals surface area (Å²) in [4.78, 5) is 2.43. The number of anilines is 1. The maximum Gasteiger partial charge on any atom is 0.0500 e. The Morgan fingerprint density at radius 3 is 2.94 bits per heavy atom. The van der Waals surface area contributed by atoms with Crippen molar-refractivity contribution in [1.29, 1.82) is 0 Å². The predicted octanol–water partition coefficient (Wildman–Crippen LogP) is 1.98. The molecule has 0 saturated carbocycles. The second-order valence-corrected chi connectivity index (χ2v) is 5.35. The van der Waals surface area contributed by atoms with Crippen LogP contribution < -0.4 is 10.6 Å². The normalized spacial score (nSPS) is 27.3. The second-order valence-electron chi connectivity index (χ2n) is 5.35. The fourth-order valence-electron chi connectivity index (χ4n) is 3.41. The van der Waals surface area contributed by atoms with E-state index in [-0.39, 0.29) is 0 Å². The van der Waals surface area contributed by atoms with Gasteiger partial charge in [0.15, 0.2) is 0 Å². The summed E-state index contributed by atoms with van der Waals surface area (Å²) in [5, 5.41) is 0. The topological polar surface area (TPSA) is 38.5 Å². The van der Waals surface area contributed by atoms with Gasteiger partial charge in [0.05, 0.1) is 6.61 Å². The molecule has 2 aliphatic heterocycles. The lowest BCUT2D eigenvalue weighted by Gasteiger charge is -2.37. The minimum Gasteiger partial charge on any atom is -0.381 e. The molecule has 0 aliphatic carbocycles. The van der Waals surface area contributed by atoms with E-state index in [4.69, 9.17) is 10.5 Å². The Morgan fingerprint density at radius 1 is 1.28 bits per heavy atom. The van der Waals surface area contributed by atoms with Crippen molar-refractivity contribution in [1.82, 2.24) is 0 Å². The quantitative estimate of drug-likeness (QED) is 0.886. The van der Waals surface area contributed by atoms with Crippen molar-refractivity contribution >= 4 is 5.69 Å². The molecular formula is C15H22N2O. The third-order valence-electron chi connectivity index (χ3n) is 4.32. The molecule has 1 saturated heterocycles. The number of nitrogens with two attached hydrogens (primary N) is 1. The Hall–Kier alpha value is -1.06. The first-order valence-electron chi connectivity index (χ1n) is 7.02. The zero-order chi connectivity index (χ0) is 12.4. The van der Waals surface area contributed by atoms with E-state index in [9.17, 15) is 0 Å². The Bertz CT molecular complexity index is 401. The zero-order valence-corrected chi connectivity index (χ0v) is 10.8. The highest BCUT2D eigenvalue weighted by Crippen LogP contribution is 2.41. The highest BCUT2D eigenvalue weighted by molar-refractivity contribution is 5.57. The van der Waals surface area contributed by atoms with E-state index in [1.54, 1.807) is 0 Å². The summed E-state index contributed by atoms with van der Waals surface area (Å²) in [6.07, 6.45) is 2.46. The van der Waals surface area contributed by atoms with Crippen LogP contribution in [0.15, 0.2) is 24.3 Å². The minimum atomic E-state index is 0.678. The molecule has 1 fully saturated rings. The summed E-state index contributed by atoms with van der Waals surface area (Å²) in [6, 6.07) is 8.83. The summed E-state index contributed by atoms with van der Waals surface area (Å²) in [5.41, 5.74) is 8.61. The number of nitrogens with zero attached hydrogens (tertiary/aromatic N) is 1. The van der Waals surface area contributed by atoms with E-state index in [2.05, 4.69) is 29.2 Å². The molecule has 0 amide bonds. The standard InChI is InChI=1S/C15H22N2O/c16-7-9-17-8-5-13(12-6-10-18-11-12)14-3-1-2-4-15(14)17/h1-4,12-13H,5-11,16H2/t12-,13-/m1/s1. The lowest BCUT2D eigenvalue weighted by atomic mass is 9.80. The van der Waals surface area contributed by atoms with E-state index < -0.39 is 0 Å². The molecular weight excluding hydrogens is 224 g/mol. The Labute approximate surface area is 109 Å².